The minimum Gasteiger partial charge on any atom is -0.356 e. The van der Waals surface area contributed by atoms with E-state index in [0.29, 0.717) is 12.3 Å². The zero-order valence-electron chi connectivity index (χ0n) is 6.93. The molecule has 0 unspecified atom stereocenters. The molecule has 4 heteroatoms. The van der Waals surface area contributed by atoms with Gasteiger partial charge in [-0.25, -0.2) is 0 Å². The summed E-state index contributed by atoms with van der Waals surface area (Å²) in [6.45, 7) is 3.35. The molecule has 0 aliphatic carbocycles. The van der Waals surface area contributed by atoms with Gasteiger partial charge in [0.25, 0.3) is 0 Å². The van der Waals surface area contributed by atoms with Crippen LogP contribution >= 0.6 is 11.8 Å². The van der Waals surface area contributed by atoms with Crippen LogP contribution in [0, 0.1) is 0 Å². The summed E-state index contributed by atoms with van der Waals surface area (Å²) in [5.74, 6) is 1.66. The van der Waals surface area contributed by atoms with Crippen LogP contribution < -0.4 is 11.1 Å². The van der Waals surface area contributed by atoms with E-state index in [1.165, 1.54) is 0 Å². The molecule has 0 aliphatic heterocycles. The predicted molar refractivity (Wildman–Crippen MR) is 49.7 cm³/mol. The molecule has 0 saturated carbocycles. The van der Waals surface area contributed by atoms with Crippen molar-refractivity contribution in [1.82, 2.24) is 5.32 Å². The van der Waals surface area contributed by atoms with Gasteiger partial charge in [-0.3, -0.25) is 4.79 Å². The highest BCUT2D eigenvalue weighted by molar-refractivity contribution is 7.99. The molecule has 11 heavy (non-hydrogen) atoms. The minimum absolute atomic E-state index is 0.120. The SMILES string of the molecule is CCNC(=O)CSCCCN. The first-order valence-electron chi connectivity index (χ1n) is 3.85. The number of nitrogens with one attached hydrogen (secondary N) is 1. The van der Waals surface area contributed by atoms with E-state index in [-0.39, 0.29) is 5.91 Å². The first-order valence-corrected chi connectivity index (χ1v) is 5.01. The van der Waals surface area contributed by atoms with Crippen LogP contribution in [0.15, 0.2) is 0 Å². The molecule has 0 rings (SSSR count). The van der Waals surface area contributed by atoms with Gasteiger partial charge in [-0.15, -0.1) is 0 Å². The summed E-state index contributed by atoms with van der Waals surface area (Å²) in [5, 5.41) is 2.73. The number of carbonyl (C=O) groups excluding carboxylic acids is 1. The molecule has 0 aliphatic rings. The number of hydrogen-bond acceptors (Lipinski definition) is 3. The molecule has 66 valence electrons. The lowest BCUT2D eigenvalue weighted by atomic mass is 10.5. The molecule has 0 saturated heterocycles. The fourth-order valence-corrected chi connectivity index (χ4v) is 1.40. The molecule has 3 N–H and O–H groups in total. The van der Waals surface area contributed by atoms with E-state index in [0.717, 1.165) is 18.7 Å². The van der Waals surface area contributed by atoms with Crippen molar-refractivity contribution in [2.24, 2.45) is 5.73 Å². The van der Waals surface area contributed by atoms with Crippen molar-refractivity contribution in [2.75, 3.05) is 24.6 Å². The molecule has 1 amide bonds. The van der Waals surface area contributed by atoms with Gasteiger partial charge in [-0.1, -0.05) is 0 Å². The maximum atomic E-state index is 10.8. The summed E-state index contributed by atoms with van der Waals surface area (Å²) in [7, 11) is 0. The average molecular weight is 176 g/mol. The third kappa shape index (κ3) is 7.68. The largest absolute Gasteiger partial charge is 0.356 e. The second-order valence-corrected chi connectivity index (χ2v) is 3.25. The zero-order chi connectivity index (χ0) is 8.53. The zero-order valence-corrected chi connectivity index (χ0v) is 7.75. The number of nitrogens with two attached hydrogens (primary N) is 1. The van der Waals surface area contributed by atoms with Gasteiger partial charge in [0, 0.05) is 6.54 Å². The van der Waals surface area contributed by atoms with Crippen LogP contribution in [0.4, 0.5) is 0 Å². The van der Waals surface area contributed by atoms with E-state index in [1.54, 1.807) is 11.8 Å². The highest BCUT2D eigenvalue weighted by Gasteiger charge is 1.97. The molecule has 0 bridgehead atoms. The molecule has 0 atom stereocenters. The van der Waals surface area contributed by atoms with Crippen LogP contribution in [-0.4, -0.2) is 30.5 Å². The Kier molecular flexibility index (Phi) is 7.72. The van der Waals surface area contributed by atoms with Crippen molar-refractivity contribution in [3.8, 4) is 0 Å². The summed E-state index contributed by atoms with van der Waals surface area (Å²) >= 11 is 1.63. The van der Waals surface area contributed by atoms with Crippen molar-refractivity contribution in [2.45, 2.75) is 13.3 Å². The molecule has 0 spiro atoms. The van der Waals surface area contributed by atoms with E-state index >= 15 is 0 Å². The van der Waals surface area contributed by atoms with Crippen molar-refractivity contribution >= 4 is 17.7 Å². The van der Waals surface area contributed by atoms with Gasteiger partial charge in [0.2, 0.25) is 5.91 Å². The Morgan fingerprint density at radius 2 is 2.36 bits per heavy atom. The Hall–Kier alpha value is -0.220. The van der Waals surface area contributed by atoms with Crippen LogP contribution in [0.2, 0.25) is 0 Å². The lowest BCUT2D eigenvalue weighted by Crippen LogP contribution is -2.24. The number of rotatable bonds is 6. The van der Waals surface area contributed by atoms with E-state index in [1.807, 2.05) is 6.92 Å². The molecule has 0 fully saturated rings. The van der Waals surface area contributed by atoms with Crippen molar-refractivity contribution in [3.05, 3.63) is 0 Å². The Bertz CT molecular complexity index is 109. The third-order valence-corrected chi connectivity index (χ3v) is 2.14. The first-order chi connectivity index (χ1) is 5.31. The summed E-state index contributed by atoms with van der Waals surface area (Å²) in [5.41, 5.74) is 5.29. The second kappa shape index (κ2) is 7.88. The quantitative estimate of drug-likeness (QED) is 0.569. The number of hydrogen-bond donors (Lipinski definition) is 2. The third-order valence-electron chi connectivity index (χ3n) is 1.10. The minimum atomic E-state index is 0.120. The number of carbonyl (C=O) groups is 1. The monoisotopic (exact) mass is 176 g/mol. The lowest BCUT2D eigenvalue weighted by Gasteiger charge is -2.00. The van der Waals surface area contributed by atoms with Crippen LogP contribution in [0.3, 0.4) is 0 Å². The Morgan fingerprint density at radius 3 is 2.91 bits per heavy atom. The van der Waals surface area contributed by atoms with Gasteiger partial charge in [-0.2, -0.15) is 11.8 Å². The van der Waals surface area contributed by atoms with Gasteiger partial charge < -0.3 is 11.1 Å². The molecule has 0 radical (unpaired) electrons. The summed E-state index contributed by atoms with van der Waals surface area (Å²) < 4.78 is 0. The fourth-order valence-electron chi connectivity index (χ4n) is 0.598. The summed E-state index contributed by atoms with van der Waals surface area (Å²) in [6.07, 6.45) is 0.990. The van der Waals surface area contributed by atoms with Gasteiger partial charge in [0.15, 0.2) is 0 Å². The molecule has 0 heterocycles. The molecular formula is C7H16N2OS. The smallest absolute Gasteiger partial charge is 0.229 e. The molecule has 3 nitrogen and oxygen atoms in total. The van der Waals surface area contributed by atoms with E-state index in [4.69, 9.17) is 5.73 Å². The van der Waals surface area contributed by atoms with Crippen molar-refractivity contribution in [3.63, 3.8) is 0 Å². The standard InChI is InChI=1S/C7H16N2OS/c1-2-9-7(10)6-11-5-3-4-8/h2-6,8H2,1H3,(H,9,10). The normalized spacial score (nSPS) is 9.64. The van der Waals surface area contributed by atoms with Crippen LogP contribution in [-0.2, 0) is 4.79 Å². The lowest BCUT2D eigenvalue weighted by molar-refractivity contribution is -0.118. The van der Waals surface area contributed by atoms with Crippen LogP contribution in [0.25, 0.3) is 0 Å². The summed E-state index contributed by atoms with van der Waals surface area (Å²) in [4.78, 5) is 10.8. The fraction of sp³-hybridized carbons (Fsp3) is 0.857. The predicted octanol–water partition coefficient (Wildman–Crippen LogP) is 0.205. The Balaban J connectivity index is 3.04. The molecule has 0 aromatic rings. The Labute approximate surface area is 72.1 Å². The van der Waals surface area contributed by atoms with E-state index < -0.39 is 0 Å². The van der Waals surface area contributed by atoms with Crippen LogP contribution in [0.1, 0.15) is 13.3 Å². The summed E-state index contributed by atoms with van der Waals surface area (Å²) in [6, 6.07) is 0. The molecular weight excluding hydrogens is 160 g/mol. The maximum absolute atomic E-state index is 10.8. The number of thioether (sulfide) groups is 1. The van der Waals surface area contributed by atoms with Crippen molar-refractivity contribution < 1.29 is 4.79 Å². The van der Waals surface area contributed by atoms with E-state index in [2.05, 4.69) is 5.32 Å². The maximum Gasteiger partial charge on any atom is 0.229 e. The van der Waals surface area contributed by atoms with Gasteiger partial charge in [-0.05, 0) is 25.6 Å². The second-order valence-electron chi connectivity index (χ2n) is 2.15. The van der Waals surface area contributed by atoms with Gasteiger partial charge >= 0.3 is 0 Å². The highest BCUT2D eigenvalue weighted by atomic mass is 32.2. The Morgan fingerprint density at radius 1 is 1.64 bits per heavy atom. The van der Waals surface area contributed by atoms with E-state index in [9.17, 15) is 4.79 Å². The number of amides is 1. The topological polar surface area (TPSA) is 55.1 Å². The molecule has 0 aromatic carbocycles. The van der Waals surface area contributed by atoms with Crippen LogP contribution in [0.5, 0.6) is 0 Å². The van der Waals surface area contributed by atoms with Crippen molar-refractivity contribution in [1.29, 1.82) is 0 Å². The average Bonchev–Trinajstić information content (AvgIpc) is 1.99. The van der Waals surface area contributed by atoms with Gasteiger partial charge in [0.05, 0.1) is 5.75 Å². The van der Waals surface area contributed by atoms with Gasteiger partial charge in [0.1, 0.15) is 0 Å². The first kappa shape index (κ1) is 10.8. The molecule has 0 aromatic heterocycles. The highest BCUT2D eigenvalue weighted by Crippen LogP contribution is 2.00.